The summed E-state index contributed by atoms with van der Waals surface area (Å²) >= 11 is 3.44. The maximum Gasteiger partial charge on any atom is 0.410 e. The first-order valence-electron chi connectivity index (χ1n) is 10.1. The third-order valence-corrected chi connectivity index (χ3v) is 5.10. The van der Waals surface area contributed by atoms with Gasteiger partial charge in [-0.05, 0) is 58.2 Å². The largest absolute Gasteiger partial charge is 0.444 e. The predicted molar refractivity (Wildman–Crippen MR) is 125 cm³/mol. The standard InChI is InChI=1S/C12H12BrN3O.C10H19NO2/c1-14-12-9-5-8(13)3-4-10(9)15-6-11(12)16(2)7-17;1-10(2,3)13-9(12)11-7-5-4-6-8-11/h3-7H,1-2H3,(H,14,15);4-8H2,1-3H3. The lowest BCUT2D eigenvalue weighted by molar-refractivity contribution is -0.107. The maximum absolute atomic E-state index is 11.5. The Morgan fingerprint density at radius 3 is 2.50 bits per heavy atom. The molecule has 1 fully saturated rings. The summed E-state index contributed by atoms with van der Waals surface area (Å²) in [5.74, 6) is 0. The highest BCUT2D eigenvalue weighted by Gasteiger charge is 2.22. The first-order chi connectivity index (χ1) is 14.2. The number of ether oxygens (including phenoxy) is 1. The van der Waals surface area contributed by atoms with E-state index in [1.165, 1.54) is 11.3 Å². The number of pyridine rings is 1. The Hall–Kier alpha value is -2.35. The molecule has 0 atom stereocenters. The molecule has 7 nitrogen and oxygen atoms in total. The van der Waals surface area contributed by atoms with Gasteiger partial charge in [0.05, 0.1) is 23.1 Å². The number of halogens is 1. The summed E-state index contributed by atoms with van der Waals surface area (Å²) in [6.07, 6.45) is 5.75. The number of likely N-dealkylation sites (tertiary alicyclic amines) is 1. The van der Waals surface area contributed by atoms with E-state index in [0.29, 0.717) is 0 Å². The molecule has 1 saturated heterocycles. The fraction of sp³-hybridized carbons (Fsp3) is 0.500. The summed E-state index contributed by atoms with van der Waals surface area (Å²) < 4.78 is 6.24. The highest BCUT2D eigenvalue weighted by atomic mass is 79.9. The number of nitrogens with one attached hydrogen (secondary N) is 1. The molecule has 0 bridgehead atoms. The minimum absolute atomic E-state index is 0.160. The van der Waals surface area contributed by atoms with Crippen molar-refractivity contribution in [2.24, 2.45) is 0 Å². The van der Waals surface area contributed by atoms with Crippen molar-refractivity contribution in [1.82, 2.24) is 9.88 Å². The number of benzene rings is 1. The quantitative estimate of drug-likeness (QED) is 0.625. The second-order valence-electron chi connectivity index (χ2n) is 8.17. The summed E-state index contributed by atoms with van der Waals surface area (Å²) in [5, 5.41) is 4.10. The summed E-state index contributed by atoms with van der Waals surface area (Å²) in [7, 11) is 3.53. The Labute approximate surface area is 186 Å². The lowest BCUT2D eigenvalue weighted by atomic mass is 10.1. The van der Waals surface area contributed by atoms with Gasteiger partial charge >= 0.3 is 6.09 Å². The molecule has 8 heteroatoms. The highest BCUT2D eigenvalue weighted by molar-refractivity contribution is 9.10. The lowest BCUT2D eigenvalue weighted by Gasteiger charge is -2.29. The number of hydrogen-bond acceptors (Lipinski definition) is 5. The van der Waals surface area contributed by atoms with Gasteiger partial charge in [0.25, 0.3) is 0 Å². The molecular formula is C22H31BrN4O3. The minimum Gasteiger partial charge on any atom is -0.444 e. The molecule has 1 aliphatic heterocycles. The Balaban J connectivity index is 0.000000222. The van der Waals surface area contributed by atoms with Gasteiger partial charge in [-0.3, -0.25) is 9.78 Å². The monoisotopic (exact) mass is 478 g/mol. The number of piperidine rings is 1. The van der Waals surface area contributed by atoms with E-state index < -0.39 is 0 Å². The molecule has 1 aliphatic rings. The number of carbonyl (C=O) groups excluding carboxylic acids is 2. The minimum atomic E-state index is -0.367. The number of nitrogens with zero attached hydrogens (tertiary/aromatic N) is 3. The van der Waals surface area contributed by atoms with Crippen LogP contribution in [0.1, 0.15) is 40.0 Å². The van der Waals surface area contributed by atoms with Crippen molar-refractivity contribution >= 4 is 50.7 Å². The van der Waals surface area contributed by atoms with Crippen LogP contribution in [0.2, 0.25) is 0 Å². The van der Waals surface area contributed by atoms with Crippen LogP contribution in [0.5, 0.6) is 0 Å². The van der Waals surface area contributed by atoms with Crippen molar-refractivity contribution in [3.05, 3.63) is 28.9 Å². The zero-order valence-corrected chi connectivity index (χ0v) is 20.0. The number of anilines is 2. The summed E-state index contributed by atoms with van der Waals surface area (Å²) in [6, 6.07) is 5.86. The lowest BCUT2D eigenvalue weighted by Crippen LogP contribution is -2.39. The van der Waals surface area contributed by atoms with Crippen LogP contribution in [0.3, 0.4) is 0 Å². The Bertz CT molecular complexity index is 877. The van der Waals surface area contributed by atoms with Crippen LogP contribution in [0, 0.1) is 0 Å². The van der Waals surface area contributed by atoms with Gasteiger partial charge in [-0.25, -0.2) is 4.79 Å². The predicted octanol–water partition coefficient (Wildman–Crippen LogP) is 5.04. The molecule has 1 aromatic heterocycles. The zero-order valence-electron chi connectivity index (χ0n) is 18.4. The Kier molecular flexibility index (Phi) is 8.46. The van der Waals surface area contributed by atoms with Gasteiger partial charge in [-0.1, -0.05) is 15.9 Å². The van der Waals surface area contributed by atoms with Crippen LogP contribution < -0.4 is 10.2 Å². The van der Waals surface area contributed by atoms with Crippen molar-refractivity contribution in [3.8, 4) is 0 Å². The van der Waals surface area contributed by atoms with Gasteiger partial charge in [0.15, 0.2) is 0 Å². The second kappa shape index (κ2) is 10.6. The SMILES string of the molecule is CC(C)(C)OC(=O)N1CCCCC1.CNc1c(N(C)C=O)cnc2ccc(Br)cc12. The average Bonchev–Trinajstić information content (AvgIpc) is 2.72. The van der Waals surface area contributed by atoms with Crippen LogP contribution in [-0.2, 0) is 9.53 Å². The molecule has 3 rings (SSSR count). The average molecular weight is 479 g/mol. The van der Waals surface area contributed by atoms with Crippen LogP contribution in [0.25, 0.3) is 10.9 Å². The highest BCUT2D eigenvalue weighted by Crippen LogP contribution is 2.32. The fourth-order valence-electron chi connectivity index (χ4n) is 3.14. The third-order valence-electron chi connectivity index (χ3n) is 4.61. The van der Waals surface area contributed by atoms with Gasteiger partial charge in [0, 0.05) is 37.0 Å². The third kappa shape index (κ3) is 6.58. The molecule has 0 radical (unpaired) electrons. The first-order valence-corrected chi connectivity index (χ1v) is 10.9. The van der Waals surface area contributed by atoms with Crippen LogP contribution in [-0.4, -0.2) is 55.2 Å². The van der Waals surface area contributed by atoms with Gasteiger partial charge in [0.2, 0.25) is 6.41 Å². The van der Waals surface area contributed by atoms with Gasteiger partial charge < -0.3 is 19.9 Å². The van der Waals surface area contributed by atoms with E-state index in [9.17, 15) is 9.59 Å². The van der Waals surface area contributed by atoms with Crippen LogP contribution in [0.15, 0.2) is 28.9 Å². The molecule has 2 aromatic rings. The summed E-state index contributed by atoms with van der Waals surface area (Å²) in [4.78, 5) is 30.0. The van der Waals surface area contributed by atoms with E-state index in [2.05, 4.69) is 26.2 Å². The fourth-order valence-corrected chi connectivity index (χ4v) is 3.51. The van der Waals surface area contributed by atoms with E-state index in [-0.39, 0.29) is 11.7 Å². The molecule has 2 heterocycles. The van der Waals surface area contributed by atoms with Crippen LogP contribution in [0.4, 0.5) is 16.2 Å². The molecule has 164 valence electrons. The Morgan fingerprint density at radius 2 is 1.93 bits per heavy atom. The number of amides is 2. The molecule has 1 N–H and O–H groups in total. The number of hydrogen-bond donors (Lipinski definition) is 1. The first kappa shape index (κ1) is 23.9. The zero-order chi connectivity index (χ0) is 22.3. The summed E-state index contributed by atoms with van der Waals surface area (Å²) in [6.45, 7) is 7.41. The van der Waals surface area contributed by atoms with E-state index in [4.69, 9.17) is 4.74 Å². The van der Waals surface area contributed by atoms with Gasteiger partial charge in [0.1, 0.15) is 5.60 Å². The molecule has 0 saturated carbocycles. The van der Waals surface area contributed by atoms with Crippen molar-refractivity contribution in [2.45, 2.75) is 45.6 Å². The van der Waals surface area contributed by atoms with Crippen molar-refractivity contribution in [1.29, 1.82) is 0 Å². The number of carbonyl (C=O) groups is 2. The molecule has 0 unspecified atom stereocenters. The maximum atomic E-state index is 11.5. The topological polar surface area (TPSA) is 74.8 Å². The molecule has 2 amide bonds. The number of fused-ring (bicyclic) bond motifs is 1. The van der Waals surface area contributed by atoms with Crippen molar-refractivity contribution in [3.63, 3.8) is 0 Å². The van der Waals surface area contributed by atoms with Crippen molar-refractivity contribution < 1.29 is 14.3 Å². The normalized spacial score (nSPS) is 13.9. The van der Waals surface area contributed by atoms with Crippen LogP contribution >= 0.6 is 15.9 Å². The van der Waals surface area contributed by atoms with Gasteiger partial charge in [-0.15, -0.1) is 0 Å². The Morgan fingerprint density at radius 1 is 1.27 bits per heavy atom. The molecule has 1 aromatic carbocycles. The smallest absolute Gasteiger partial charge is 0.410 e. The van der Waals surface area contributed by atoms with Gasteiger partial charge in [-0.2, -0.15) is 0 Å². The number of aromatic nitrogens is 1. The van der Waals surface area contributed by atoms with Crippen molar-refractivity contribution in [2.75, 3.05) is 37.4 Å². The summed E-state index contributed by atoms with van der Waals surface area (Å²) in [5.41, 5.74) is 2.17. The molecule has 0 spiro atoms. The number of rotatable bonds is 3. The van der Waals surface area contributed by atoms with E-state index in [1.54, 1.807) is 18.1 Å². The molecule has 0 aliphatic carbocycles. The molecule has 30 heavy (non-hydrogen) atoms. The second-order valence-corrected chi connectivity index (χ2v) is 9.09. The molecular weight excluding hydrogens is 448 g/mol. The van der Waals surface area contributed by atoms with E-state index >= 15 is 0 Å². The van der Waals surface area contributed by atoms with E-state index in [1.807, 2.05) is 46.0 Å². The van der Waals surface area contributed by atoms with E-state index in [0.717, 1.165) is 59.1 Å².